The van der Waals surface area contributed by atoms with Gasteiger partial charge < -0.3 is 5.32 Å². The van der Waals surface area contributed by atoms with Crippen LogP contribution in [0.2, 0.25) is 0 Å². The summed E-state index contributed by atoms with van der Waals surface area (Å²) in [4.78, 5) is 39.8. The minimum Gasteiger partial charge on any atom is -0.357 e. The summed E-state index contributed by atoms with van der Waals surface area (Å²) in [5.74, 6) is -0.529. The van der Waals surface area contributed by atoms with E-state index in [0.717, 1.165) is 11.4 Å². The first-order chi connectivity index (χ1) is 15.1. The largest absolute Gasteiger partial charge is 0.357 e. The van der Waals surface area contributed by atoms with Gasteiger partial charge in [-0.2, -0.15) is 0 Å². The van der Waals surface area contributed by atoms with Crippen LogP contribution in [-0.4, -0.2) is 16.6 Å². The number of anilines is 2. The molecular formula is C25H27N3O4. The van der Waals surface area contributed by atoms with Gasteiger partial charge in [-0.1, -0.05) is 52.0 Å². The summed E-state index contributed by atoms with van der Waals surface area (Å²) in [6.45, 7) is 7.73. The van der Waals surface area contributed by atoms with Gasteiger partial charge in [-0.15, -0.1) is 0 Å². The van der Waals surface area contributed by atoms with E-state index in [4.69, 9.17) is 0 Å². The Morgan fingerprint density at radius 1 is 1.16 bits per heavy atom. The fourth-order valence-corrected chi connectivity index (χ4v) is 4.63. The minimum absolute atomic E-state index is 0.0466. The number of nitro benzene ring substituents is 1. The van der Waals surface area contributed by atoms with Crippen molar-refractivity contribution in [3.8, 4) is 0 Å². The van der Waals surface area contributed by atoms with Gasteiger partial charge in [0.15, 0.2) is 5.78 Å². The summed E-state index contributed by atoms with van der Waals surface area (Å²) in [6.07, 6.45) is 0.983. The zero-order valence-electron chi connectivity index (χ0n) is 18.7. The monoisotopic (exact) mass is 433 g/mol. The SMILES string of the molecule is CC(C)C(=O)N1c2ccccc2NC2=C(C(=O)CC(C)(C)C2)[C@H]1c1cccc([N+](=O)[O-])c1. The van der Waals surface area contributed by atoms with Crippen molar-refractivity contribution in [1.29, 1.82) is 0 Å². The van der Waals surface area contributed by atoms with Crippen LogP contribution in [0.4, 0.5) is 17.1 Å². The highest BCUT2D eigenvalue weighted by Crippen LogP contribution is 2.48. The molecule has 0 saturated heterocycles. The van der Waals surface area contributed by atoms with Crippen molar-refractivity contribution < 1.29 is 14.5 Å². The van der Waals surface area contributed by atoms with E-state index < -0.39 is 11.0 Å². The molecule has 2 aromatic rings. The first-order valence-electron chi connectivity index (χ1n) is 10.8. The summed E-state index contributed by atoms with van der Waals surface area (Å²) in [6, 6.07) is 13.0. The van der Waals surface area contributed by atoms with Crippen molar-refractivity contribution in [3.05, 3.63) is 75.5 Å². The van der Waals surface area contributed by atoms with E-state index in [9.17, 15) is 19.7 Å². The Bertz CT molecular complexity index is 1150. The van der Waals surface area contributed by atoms with Gasteiger partial charge in [0, 0.05) is 35.7 Å². The summed E-state index contributed by atoms with van der Waals surface area (Å²) >= 11 is 0. The molecule has 7 nitrogen and oxygen atoms in total. The normalized spacial score (nSPS) is 19.7. The highest BCUT2D eigenvalue weighted by Gasteiger charge is 2.43. The number of nitrogens with zero attached hydrogens (tertiary/aromatic N) is 2. The summed E-state index contributed by atoms with van der Waals surface area (Å²) in [5.41, 5.74) is 2.92. The number of carbonyl (C=O) groups excluding carboxylic acids is 2. The van der Waals surface area contributed by atoms with Gasteiger partial charge in [-0.25, -0.2) is 0 Å². The van der Waals surface area contributed by atoms with Crippen LogP contribution in [-0.2, 0) is 9.59 Å². The van der Waals surface area contributed by atoms with E-state index in [1.165, 1.54) is 12.1 Å². The number of hydrogen-bond donors (Lipinski definition) is 1. The third kappa shape index (κ3) is 3.79. The first kappa shape index (κ1) is 21.7. The smallest absolute Gasteiger partial charge is 0.269 e. The number of carbonyl (C=O) groups is 2. The molecule has 0 unspecified atom stereocenters. The van der Waals surface area contributed by atoms with E-state index in [1.807, 2.05) is 52.0 Å². The van der Waals surface area contributed by atoms with Crippen LogP contribution < -0.4 is 10.2 Å². The number of hydrogen-bond acceptors (Lipinski definition) is 5. The van der Waals surface area contributed by atoms with Gasteiger partial charge in [-0.05, 0) is 29.5 Å². The summed E-state index contributed by atoms with van der Waals surface area (Å²) in [7, 11) is 0. The quantitative estimate of drug-likeness (QED) is 0.517. The molecule has 0 aromatic heterocycles. The van der Waals surface area contributed by atoms with Gasteiger partial charge in [0.1, 0.15) is 0 Å². The van der Waals surface area contributed by atoms with Crippen LogP contribution in [0.25, 0.3) is 0 Å². The molecular weight excluding hydrogens is 406 g/mol. The topological polar surface area (TPSA) is 92.6 Å². The number of Topliss-reactive ketones (excluding diaryl/α,β-unsaturated/α-hetero) is 1. The lowest BCUT2D eigenvalue weighted by Gasteiger charge is -2.37. The average Bonchev–Trinajstić information content (AvgIpc) is 2.86. The van der Waals surface area contributed by atoms with Crippen LogP contribution >= 0.6 is 0 Å². The molecule has 0 spiro atoms. The van der Waals surface area contributed by atoms with E-state index in [2.05, 4.69) is 5.32 Å². The predicted molar refractivity (Wildman–Crippen MR) is 123 cm³/mol. The molecule has 1 aliphatic heterocycles. The van der Waals surface area contributed by atoms with Crippen LogP contribution in [0.1, 0.15) is 52.1 Å². The van der Waals surface area contributed by atoms with Gasteiger partial charge in [0.05, 0.1) is 22.3 Å². The van der Waals surface area contributed by atoms with Crippen LogP contribution in [0, 0.1) is 21.4 Å². The fraction of sp³-hybridized carbons (Fsp3) is 0.360. The maximum absolute atomic E-state index is 13.6. The van der Waals surface area contributed by atoms with E-state index in [0.29, 0.717) is 29.7 Å². The van der Waals surface area contributed by atoms with Crippen molar-refractivity contribution in [2.24, 2.45) is 11.3 Å². The highest BCUT2D eigenvalue weighted by molar-refractivity contribution is 6.06. The number of fused-ring (bicyclic) bond motifs is 1. The Labute approximate surface area is 187 Å². The van der Waals surface area contributed by atoms with Gasteiger partial charge in [0.2, 0.25) is 5.91 Å². The first-order valence-corrected chi connectivity index (χ1v) is 10.8. The van der Waals surface area contributed by atoms with Crippen molar-refractivity contribution >= 4 is 28.8 Å². The van der Waals surface area contributed by atoms with Crippen LogP contribution in [0.5, 0.6) is 0 Å². The van der Waals surface area contributed by atoms with Gasteiger partial charge in [0.25, 0.3) is 5.69 Å². The molecule has 0 bridgehead atoms. The molecule has 0 fully saturated rings. The third-order valence-corrected chi connectivity index (χ3v) is 6.03. The van der Waals surface area contributed by atoms with Gasteiger partial charge in [-0.3, -0.25) is 24.6 Å². The Balaban J connectivity index is 2.04. The molecule has 1 amide bonds. The van der Waals surface area contributed by atoms with Gasteiger partial charge >= 0.3 is 0 Å². The zero-order valence-corrected chi connectivity index (χ0v) is 18.7. The number of amides is 1. The maximum atomic E-state index is 13.6. The Morgan fingerprint density at radius 2 is 1.88 bits per heavy atom. The van der Waals surface area contributed by atoms with Crippen molar-refractivity contribution in [2.45, 2.75) is 46.6 Å². The second-order valence-corrected chi connectivity index (χ2v) is 9.59. The number of benzene rings is 2. The second-order valence-electron chi connectivity index (χ2n) is 9.59. The van der Waals surface area contributed by atoms with Crippen LogP contribution in [0.15, 0.2) is 59.8 Å². The maximum Gasteiger partial charge on any atom is 0.269 e. The van der Waals surface area contributed by atoms with E-state index in [-0.39, 0.29) is 28.7 Å². The molecule has 2 aliphatic rings. The fourth-order valence-electron chi connectivity index (χ4n) is 4.63. The highest BCUT2D eigenvalue weighted by atomic mass is 16.6. The molecule has 32 heavy (non-hydrogen) atoms. The Hall–Kier alpha value is -3.48. The average molecular weight is 434 g/mol. The molecule has 166 valence electrons. The van der Waals surface area contributed by atoms with E-state index in [1.54, 1.807) is 17.0 Å². The number of rotatable bonds is 3. The van der Waals surface area contributed by atoms with Crippen molar-refractivity contribution in [3.63, 3.8) is 0 Å². The lowest BCUT2D eigenvalue weighted by atomic mass is 9.73. The van der Waals surface area contributed by atoms with E-state index >= 15 is 0 Å². The molecule has 2 aromatic carbocycles. The minimum atomic E-state index is -0.750. The zero-order chi connectivity index (χ0) is 23.2. The number of ketones is 1. The number of non-ortho nitro benzene ring substituents is 1. The lowest BCUT2D eigenvalue weighted by Crippen LogP contribution is -2.41. The molecule has 7 heteroatoms. The number of nitro groups is 1. The molecule has 1 atom stereocenters. The summed E-state index contributed by atoms with van der Waals surface area (Å²) < 4.78 is 0. The number of nitrogens with one attached hydrogen (secondary N) is 1. The Kier molecular flexibility index (Phi) is 5.36. The molecule has 4 rings (SSSR count). The van der Waals surface area contributed by atoms with Crippen LogP contribution in [0.3, 0.4) is 0 Å². The number of allylic oxidation sites excluding steroid dienone is 1. The van der Waals surface area contributed by atoms with Crippen molar-refractivity contribution in [2.75, 3.05) is 10.2 Å². The Morgan fingerprint density at radius 3 is 2.56 bits per heavy atom. The standard InChI is InChI=1S/C25H27N3O4/c1-15(2)24(30)27-20-11-6-5-10-18(20)26-19-13-25(3,4)14-21(29)22(19)23(27)16-8-7-9-17(12-16)28(31)32/h5-12,15,23,26H,13-14H2,1-4H3/t23-/m1/s1. The predicted octanol–water partition coefficient (Wildman–Crippen LogP) is 5.39. The third-order valence-electron chi connectivity index (χ3n) is 6.03. The molecule has 0 radical (unpaired) electrons. The second kappa shape index (κ2) is 7.89. The molecule has 1 N–H and O–H groups in total. The number of para-hydroxylation sites is 2. The summed E-state index contributed by atoms with van der Waals surface area (Å²) in [5, 5.41) is 14.9. The lowest BCUT2D eigenvalue weighted by molar-refractivity contribution is -0.384. The molecule has 1 heterocycles. The molecule has 0 saturated carbocycles. The van der Waals surface area contributed by atoms with Crippen molar-refractivity contribution in [1.82, 2.24) is 0 Å². The molecule has 1 aliphatic carbocycles.